The lowest BCUT2D eigenvalue weighted by atomic mass is 9.70. The van der Waals surface area contributed by atoms with E-state index in [1.807, 2.05) is 0 Å². The third-order valence-electron chi connectivity index (χ3n) is 10.8. The summed E-state index contributed by atoms with van der Waals surface area (Å²) >= 11 is 0. The van der Waals surface area contributed by atoms with E-state index >= 15 is 0 Å². The summed E-state index contributed by atoms with van der Waals surface area (Å²) in [7, 11) is 0. The lowest BCUT2D eigenvalue weighted by Gasteiger charge is -2.30. The van der Waals surface area contributed by atoms with Crippen molar-refractivity contribution in [2.24, 2.45) is 0 Å². The number of hydrogen-bond acceptors (Lipinski definition) is 0. The first-order valence-electron chi connectivity index (χ1n) is 15.9. The Kier molecular flexibility index (Phi) is 4.35. The van der Waals surface area contributed by atoms with Crippen molar-refractivity contribution >= 4 is 21.5 Å². The molecule has 0 amide bonds. The molecule has 1 spiro atoms. The van der Waals surface area contributed by atoms with Crippen molar-refractivity contribution in [1.29, 1.82) is 0 Å². The fourth-order valence-corrected chi connectivity index (χ4v) is 9.05. The van der Waals surface area contributed by atoms with Crippen LogP contribution in [0.25, 0.3) is 77.2 Å². The molecule has 0 fully saturated rings. The van der Waals surface area contributed by atoms with Gasteiger partial charge >= 0.3 is 0 Å². The summed E-state index contributed by atoms with van der Waals surface area (Å²) in [6.07, 6.45) is 0. The Morgan fingerprint density at radius 3 is 1.69 bits per heavy atom. The minimum Gasteiger partial charge on any atom is -0.0619 e. The van der Waals surface area contributed by atoms with Crippen molar-refractivity contribution in [3.8, 4) is 55.6 Å². The second-order valence-electron chi connectivity index (χ2n) is 12.8. The Morgan fingerprint density at radius 1 is 0.311 bits per heavy atom. The maximum Gasteiger partial charge on any atom is 0.0725 e. The van der Waals surface area contributed by atoms with Crippen molar-refractivity contribution in [2.75, 3.05) is 0 Å². The highest BCUT2D eigenvalue weighted by molar-refractivity contribution is 6.21. The average Bonchev–Trinajstić information content (AvgIpc) is 3.71. The highest BCUT2D eigenvalue weighted by Gasteiger charge is 2.52. The smallest absolute Gasteiger partial charge is 0.0619 e. The Bertz CT molecular complexity index is 2550. The van der Waals surface area contributed by atoms with Gasteiger partial charge in [0.2, 0.25) is 0 Å². The molecule has 0 heteroatoms. The lowest BCUT2D eigenvalue weighted by molar-refractivity contribution is 0.795. The van der Waals surface area contributed by atoms with Gasteiger partial charge < -0.3 is 0 Å². The first kappa shape index (κ1) is 23.7. The second-order valence-corrected chi connectivity index (χ2v) is 12.8. The highest BCUT2D eigenvalue weighted by Crippen LogP contribution is 2.65. The molecule has 0 aliphatic heterocycles. The predicted molar refractivity (Wildman–Crippen MR) is 188 cm³/mol. The molecule has 0 heterocycles. The first-order chi connectivity index (χ1) is 22.3. The number of hydrogen-bond donors (Lipinski definition) is 0. The summed E-state index contributed by atoms with van der Waals surface area (Å²) in [6, 6.07) is 59.4. The van der Waals surface area contributed by atoms with Crippen LogP contribution in [0.1, 0.15) is 22.3 Å². The summed E-state index contributed by atoms with van der Waals surface area (Å²) in [4.78, 5) is 0. The zero-order valence-electron chi connectivity index (χ0n) is 24.5. The van der Waals surface area contributed by atoms with Crippen LogP contribution < -0.4 is 0 Å². The molecule has 11 rings (SSSR count). The van der Waals surface area contributed by atoms with Gasteiger partial charge in [-0.25, -0.2) is 0 Å². The molecule has 0 aromatic heterocycles. The van der Waals surface area contributed by atoms with Crippen LogP contribution in [0.5, 0.6) is 0 Å². The van der Waals surface area contributed by atoms with Crippen LogP contribution in [-0.2, 0) is 5.41 Å². The molecular formula is C45H26. The summed E-state index contributed by atoms with van der Waals surface area (Å²) < 4.78 is 0. The minimum absolute atomic E-state index is 0.349. The van der Waals surface area contributed by atoms with Gasteiger partial charge in [-0.05, 0) is 118 Å². The third kappa shape index (κ3) is 2.79. The van der Waals surface area contributed by atoms with E-state index in [-0.39, 0.29) is 5.41 Å². The summed E-state index contributed by atoms with van der Waals surface area (Å²) in [5.41, 5.74) is 18.6. The van der Waals surface area contributed by atoms with Crippen molar-refractivity contribution in [1.82, 2.24) is 0 Å². The fourth-order valence-electron chi connectivity index (χ4n) is 9.05. The zero-order chi connectivity index (χ0) is 29.3. The van der Waals surface area contributed by atoms with E-state index in [1.54, 1.807) is 0 Å². The SMILES string of the molecule is c1ccc2c(c1)-c1ccccc1C21c2ccccc2-c2c1cc1c3c(cccc23)-c2ccc(-c3ccc4ccccc4c3)cc2-1. The molecule has 0 N–H and O–H groups in total. The van der Waals surface area contributed by atoms with E-state index in [9.17, 15) is 0 Å². The van der Waals surface area contributed by atoms with Gasteiger partial charge in [-0.2, -0.15) is 0 Å². The molecule has 0 bridgehead atoms. The lowest BCUT2D eigenvalue weighted by Crippen LogP contribution is -2.25. The van der Waals surface area contributed by atoms with Crippen LogP contribution in [-0.4, -0.2) is 0 Å². The van der Waals surface area contributed by atoms with Gasteiger partial charge in [0.05, 0.1) is 5.41 Å². The molecule has 206 valence electrons. The normalized spacial score (nSPS) is 14.0. The standard InChI is InChI=1S/C45H26/c1-2-11-28-24-29(21-20-27(28)10-1)30-22-23-31-34-15-9-16-36-43(34)38(37(31)25-30)26-42-44(36)35-14-5-8-19-41(35)45(42)39-17-6-3-12-32(39)33-13-4-7-18-40(33)45/h1-26H. The van der Waals surface area contributed by atoms with Gasteiger partial charge in [-0.3, -0.25) is 0 Å². The number of rotatable bonds is 1. The van der Waals surface area contributed by atoms with Gasteiger partial charge in [0.25, 0.3) is 0 Å². The Balaban J connectivity index is 1.24. The van der Waals surface area contributed by atoms with Crippen LogP contribution in [0, 0.1) is 0 Å². The monoisotopic (exact) mass is 566 g/mol. The fraction of sp³-hybridized carbons (Fsp3) is 0.0222. The van der Waals surface area contributed by atoms with E-state index in [0.29, 0.717) is 0 Å². The Labute approximate surface area is 261 Å². The maximum absolute atomic E-state index is 2.57. The van der Waals surface area contributed by atoms with E-state index < -0.39 is 0 Å². The molecule has 3 aliphatic rings. The first-order valence-corrected chi connectivity index (χ1v) is 15.9. The van der Waals surface area contributed by atoms with Gasteiger partial charge in [-0.1, -0.05) is 140 Å². The quantitative estimate of drug-likeness (QED) is 0.185. The van der Waals surface area contributed by atoms with Crippen molar-refractivity contribution < 1.29 is 0 Å². The van der Waals surface area contributed by atoms with E-state index in [0.717, 1.165) is 0 Å². The van der Waals surface area contributed by atoms with Gasteiger partial charge in [-0.15, -0.1) is 0 Å². The molecule has 8 aromatic carbocycles. The predicted octanol–water partition coefficient (Wildman–Crippen LogP) is 11.7. The van der Waals surface area contributed by atoms with E-state index in [2.05, 4.69) is 158 Å². The molecule has 3 aliphatic carbocycles. The van der Waals surface area contributed by atoms with E-state index in [1.165, 1.54) is 99.4 Å². The molecule has 0 radical (unpaired) electrons. The van der Waals surface area contributed by atoms with Gasteiger partial charge in [0.1, 0.15) is 0 Å². The van der Waals surface area contributed by atoms with Crippen molar-refractivity contribution in [3.05, 3.63) is 180 Å². The topological polar surface area (TPSA) is 0 Å². The van der Waals surface area contributed by atoms with Crippen LogP contribution in [0.2, 0.25) is 0 Å². The molecule has 0 unspecified atom stereocenters. The minimum atomic E-state index is -0.349. The molecule has 0 saturated carbocycles. The highest BCUT2D eigenvalue weighted by atomic mass is 14.5. The molecule has 0 saturated heterocycles. The van der Waals surface area contributed by atoms with Crippen LogP contribution in [0.4, 0.5) is 0 Å². The van der Waals surface area contributed by atoms with Gasteiger partial charge in [0, 0.05) is 0 Å². The van der Waals surface area contributed by atoms with E-state index in [4.69, 9.17) is 0 Å². The molecule has 0 nitrogen and oxygen atoms in total. The number of fused-ring (bicyclic) bond motifs is 15. The molecule has 8 aromatic rings. The summed E-state index contributed by atoms with van der Waals surface area (Å²) in [5.74, 6) is 0. The number of benzene rings is 8. The average molecular weight is 567 g/mol. The molecule has 0 atom stereocenters. The van der Waals surface area contributed by atoms with Crippen molar-refractivity contribution in [3.63, 3.8) is 0 Å². The zero-order valence-corrected chi connectivity index (χ0v) is 24.5. The Morgan fingerprint density at radius 2 is 0.911 bits per heavy atom. The van der Waals surface area contributed by atoms with Crippen molar-refractivity contribution in [2.45, 2.75) is 5.41 Å². The largest absolute Gasteiger partial charge is 0.0725 e. The summed E-state index contributed by atoms with van der Waals surface area (Å²) in [6.45, 7) is 0. The maximum atomic E-state index is 2.57. The van der Waals surface area contributed by atoms with Crippen LogP contribution in [0.15, 0.2) is 158 Å². The Hall–Kier alpha value is -5.72. The van der Waals surface area contributed by atoms with Crippen LogP contribution >= 0.6 is 0 Å². The third-order valence-corrected chi connectivity index (χ3v) is 10.8. The summed E-state index contributed by atoms with van der Waals surface area (Å²) in [5, 5.41) is 5.29. The van der Waals surface area contributed by atoms with Gasteiger partial charge in [0.15, 0.2) is 0 Å². The molecular weight excluding hydrogens is 540 g/mol. The van der Waals surface area contributed by atoms with Crippen LogP contribution in [0.3, 0.4) is 0 Å². The molecule has 45 heavy (non-hydrogen) atoms. The second kappa shape index (κ2) is 8.25.